The molecule has 0 bridgehead atoms. The molecule has 0 radical (unpaired) electrons. The lowest BCUT2D eigenvalue weighted by Gasteiger charge is -2.06. The quantitative estimate of drug-likeness (QED) is 0.732. The van der Waals surface area contributed by atoms with Gasteiger partial charge in [-0.1, -0.05) is 42.5 Å². The topological polar surface area (TPSA) is 42.0 Å². The summed E-state index contributed by atoms with van der Waals surface area (Å²) in [6, 6.07) is 17.4. The number of thiazole rings is 1. The van der Waals surface area contributed by atoms with E-state index in [1.165, 1.54) is 0 Å². The van der Waals surface area contributed by atoms with Crippen molar-refractivity contribution in [1.29, 1.82) is 0 Å². The second-order valence-electron chi connectivity index (χ2n) is 4.72. The molecule has 22 heavy (non-hydrogen) atoms. The fourth-order valence-electron chi connectivity index (χ4n) is 2.05. The van der Waals surface area contributed by atoms with Gasteiger partial charge in [0.25, 0.3) is 5.91 Å². The van der Waals surface area contributed by atoms with Crippen LogP contribution in [-0.4, -0.2) is 10.9 Å². The van der Waals surface area contributed by atoms with E-state index >= 15 is 0 Å². The van der Waals surface area contributed by atoms with E-state index in [1.807, 2.05) is 60.8 Å². The molecule has 1 heterocycles. The van der Waals surface area contributed by atoms with Gasteiger partial charge in [-0.3, -0.25) is 4.79 Å². The Bertz CT molecular complexity index is 769. The Kier molecular flexibility index (Phi) is 4.65. The van der Waals surface area contributed by atoms with Gasteiger partial charge < -0.3 is 5.32 Å². The molecule has 2 aromatic carbocycles. The van der Waals surface area contributed by atoms with E-state index in [4.69, 9.17) is 0 Å². The van der Waals surface area contributed by atoms with Crippen molar-refractivity contribution in [3.8, 4) is 10.4 Å². The summed E-state index contributed by atoms with van der Waals surface area (Å²) in [4.78, 5) is 17.4. The van der Waals surface area contributed by atoms with Gasteiger partial charge in [-0.2, -0.15) is 0 Å². The van der Waals surface area contributed by atoms with Crippen molar-refractivity contribution < 1.29 is 4.79 Å². The molecule has 0 saturated carbocycles. The van der Waals surface area contributed by atoms with Gasteiger partial charge in [0.2, 0.25) is 0 Å². The molecule has 0 aliphatic rings. The van der Waals surface area contributed by atoms with E-state index in [1.54, 1.807) is 11.3 Å². The predicted molar refractivity (Wildman–Crippen MR) is 92.9 cm³/mol. The largest absolute Gasteiger partial charge is 0.348 e. The van der Waals surface area contributed by atoms with Gasteiger partial charge in [0.15, 0.2) is 3.92 Å². The van der Waals surface area contributed by atoms with E-state index in [0.717, 1.165) is 19.9 Å². The van der Waals surface area contributed by atoms with E-state index < -0.39 is 0 Å². The summed E-state index contributed by atoms with van der Waals surface area (Å²) < 4.78 is 0.854. The molecule has 3 aromatic rings. The minimum absolute atomic E-state index is 0.0686. The first-order chi connectivity index (χ1) is 10.7. The number of carbonyl (C=O) groups excluding carboxylic acids is 1. The predicted octanol–water partition coefficient (Wildman–Crippen LogP) is 4.50. The van der Waals surface area contributed by atoms with Gasteiger partial charge >= 0.3 is 0 Å². The zero-order valence-electron chi connectivity index (χ0n) is 11.6. The molecular formula is C17H13BrN2OS. The number of carbonyl (C=O) groups is 1. The summed E-state index contributed by atoms with van der Waals surface area (Å²) in [5.74, 6) is -0.0686. The molecule has 0 saturated heterocycles. The summed E-state index contributed by atoms with van der Waals surface area (Å²) >= 11 is 4.92. The van der Waals surface area contributed by atoms with Crippen LogP contribution in [0, 0.1) is 0 Å². The van der Waals surface area contributed by atoms with E-state index in [2.05, 4.69) is 26.2 Å². The summed E-state index contributed by atoms with van der Waals surface area (Å²) in [5.41, 5.74) is 2.80. The molecule has 3 nitrogen and oxygen atoms in total. The maximum Gasteiger partial charge on any atom is 0.251 e. The third-order valence-corrected chi connectivity index (χ3v) is 4.73. The van der Waals surface area contributed by atoms with Gasteiger partial charge in [-0.05, 0) is 39.2 Å². The van der Waals surface area contributed by atoms with Crippen LogP contribution < -0.4 is 5.32 Å². The Labute approximate surface area is 141 Å². The standard InChI is InChI=1S/C17H13BrN2OS/c18-17-20-11-15(22-17)13-6-8-14(9-7-13)16(21)19-10-12-4-2-1-3-5-12/h1-9,11H,10H2,(H,19,21). The summed E-state index contributed by atoms with van der Waals surface area (Å²) in [6.45, 7) is 0.531. The number of hydrogen-bond donors (Lipinski definition) is 1. The van der Waals surface area contributed by atoms with Crippen LogP contribution in [-0.2, 0) is 6.54 Å². The molecule has 1 aromatic heterocycles. The average molecular weight is 373 g/mol. The lowest BCUT2D eigenvalue weighted by atomic mass is 10.1. The molecular weight excluding hydrogens is 360 g/mol. The van der Waals surface area contributed by atoms with Crippen LogP contribution in [0.25, 0.3) is 10.4 Å². The number of nitrogens with zero attached hydrogens (tertiary/aromatic N) is 1. The minimum atomic E-state index is -0.0686. The second-order valence-corrected chi connectivity index (χ2v) is 7.03. The van der Waals surface area contributed by atoms with Crippen molar-refractivity contribution >= 4 is 33.2 Å². The maximum atomic E-state index is 12.1. The van der Waals surface area contributed by atoms with Gasteiger partial charge in [0.1, 0.15) is 0 Å². The highest BCUT2D eigenvalue weighted by Gasteiger charge is 2.07. The maximum absolute atomic E-state index is 12.1. The van der Waals surface area contributed by atoms with Crippen LogP contribution in [0.15, 0.2) is 64.7 Å². The zero-order chi connectivity index (χ0) is 15.4. The monoisotopic (exact) mass is 372 g/mol. The SMILES string of the molecule is O=C(NCc1ccccc1)c1ccc(-c2cnc(Br)s2)cc1. The smallest absolute Gasteiger partial charge is 0.251 e. The van der Waals surface area contributed by atoms with Gasteiger partial charge in [-0.15, -0.1) is 11.3 Å². The summed E-state index contributed by atoms with van der Waals surface area (Å²) in [6.07, 6.45) is 1.82. The molecule has 0 spiro atoms. The normalized spacial score (nSPS) is 10.4. The van der Waals surface area contributed by atoms with E-state index in [9.17, 15) is 4.79 Å². The lowest BCUT2D eigenvalue weighted by molar-refractivity contribution is 0.0951. The van der Waals surface area contributed by atoms with E-state index in [-0.39, 0.29) is 5.91 Å². The Balaban J connectivity index is 1.66. The van der Waals surface area contributed by atoms with Crippen molar-refractivity contribution in [1.82, 2.24) is 10.3 Å². The highest BCUT2D eigenvalue weighted by Crippen LogP contribution is 2.28. The Morgan fingerprint density at radius 3 is 2.45 bits per heavy atom. The zero-order valence-corrected chi connectivity index (χ0v) is 14.0. The van der Waals surface area contributed by atoms with E-state index in [0.29, 0.717) is 12.1 Å². The van der Waals surface area contributed by atoms with Crippen LogP contribution in [0.2, 0.25) is 0 Å². The van der Waals surface area contributed by atoms with Crippen LogP contribution in [0.1, 0.15) is 15.9 Å². The molecule has 0 aliphatic carbocycles. The van der Waals surface area contributed by atoms with Gasteiger partial charge in [-0.25, -0.2) is 4.98 Å². The molecule has 0 aliphatic heterocycles. The number of aromatic nitrogens is 1. The Hall–Kier alpha value is -1.98. The van der Waals surface area contributed by atoms with Crippen LogP contribution in [0.5, 0.6) is 0 Å². The lowest BCUT2D eigenvalue weighted by Crippen LogP contribution is -2.22. The van der Waals surface area contributed by atoms with Crippen LogP contribution in [0.4, 0.5) is 0 Å². The third-order valence-electron chi connectivity index (χ3n) is 3.20. The molecule has 0 fully saturated rings. The number of halogens is 1. The molecule has 1 amide bonds. The Morgan fingerprint density at radius 1 is 1.09 bits per heavy atom. The average Bonchev–Trinajstić information content (AvgIpc) is 3.00. The van der Waals surface area contributed by atoms with Crippen molar-refractivity contribution in [2.45, 2.75) is 6.54 Å². The van der Waals surface area contributed by atoms with Crippen molar-refractivity contribution in [2.24, 2.45) is 0 Å². The van der Waals surface area contributed by atoms with Crippen molar-refractivity contribution in [3.63, 3.8) is 0 Å². The molecule has 0 atom stereocenters. The number of hydrogen-bond acceptors (Lipinski definition) is 3. The molecule has 5 heteroatoms. The first kappa shape index (κ1) is 14.9. The molecule has 110 valence electrons. The van der Waals surface area contributed by atoms with Crippen molar-refractivity contribution in [3.05, 3.63) is 75.8 Å². The van der Waals surface area contributed by atoms with Crippen molar-refractivity contribution in [2.75, 3.05) is 0 Å². The molecule has 1 N–H and O–H groups in total. The Morgan fingerprint density at radius 2 is 1.82 bits per heavy atom. The number of amides is 1. The third kappa shape index (κ3) is 3.61. The highest BCUT2D eigenvalue weighted by molar-refractivity contribution is 9.11. The molecule has 0 unspecified atom stereocenters. The fourth-order valence-corrected chi connectivity index (χ4v) is 3.32. The fraction of sp³-hybridized carbons (Fsp3) is 0.0588. The minimum Gasteiger partial charge on any atom is -0.348 e. The van der Waals surface area contributed by atoms with Gasteiger partial charge in [0, 0.05) is 18.3 Å². The number of benzene rings is 2. The second kappa shape index (κ2) is 6.85. The summed E-state index contributed by atoms with van der Waals surface area (Å²) in [5, 5.41) is 2.92. The first-order valence-corrected chi connectivity index (χ1v) is 8.37. The first-order valence-electron chi connectivity index (χ1n) is 6.76. The van der Waals surface area contributed by atoms with Gasteiger partial charge in [0.05, 0.1) is 4.88 Å². The molecule has 3 rings (SSSR count). The highest BCUT2D eigenvalue weighted by atomic mass is 79.9. The van der Waals surface area contributed by atoms with Crippen LogP contribution >= 0.6 is 27.3 Å². The summed E-state index contributed by atoms with van der Waals surface area (Å²) in [7, 11) is 0. The van der Waals surface area contributed by atoms with Crippen LogP contribution in [0.3, 0.4) is 0 Å². The number of nitrogens with one attached hydrogen (secondary N) is 1. The number of rotatable bonds is 4.